The number of hydrogen-bond acceptors (Lipinski definition) is 51. The lowest BCUT2D eigenvalue weighted by atomic mass is 9.95. The minimum Gasteiger partial charge on any atom is -0.394 e. The van der Waals surface area contributed by atoms with Gasteiger partial charge in [0.25, 0.3) is 0 Å². The summed E-state index contributed by atoms with van der Waals surface area (Å²) in [6.07, 6.45) is -101. The van der Waals surface area contributed by atoms with Crippen LogP contribution in [-0.2, 0) is 90.0 Å². The highest BCUT2D eigenvalue weighted by molar-refractivity contribution is 5.03. The Hall–Kier alpha value is -2.04. The van der Waals surface area contributed by atoms with Gasteiger partial charge in [-0.25, -0.2) is 0 Å². The maximum atomic E-state index is 11.5. The average molecular weight is 1640 g/mol. The van der Waals surface area contributed by atoms with Crippen LogP contribution in [0.25, 0.3) is 0 Å². The van der Waals surface area contributed by atoms with Crippen LogP contribution in [0.2, 0.25) is 0 Å². The van der Waals surface area contributed by atoms with Crippen LogP contribution in [0.3, 0.4) is 0 Å². The van der Waals surface area contributed by atoms with Crippen molar-refractivity contribution in [2.45, 2.75) is 307 Å². The van der Waals surface area contributed by atoms with E-state index in [0.717, 1.165) is 0 Å². The van der Waals surface area contributed by atoms with E-state index in [1.807, 2.05) is 0 Å². The molecule has 51 heteroatoms. The highest BCUT2D eigenvalue weighted by atomic mass is 16.8. The Kier molecular flexibility index (Phi) is 32.4. The first-order valence-electron chi connectivity index (χ1n) is 35.2. The smallest absolute Gasteiger partial charge is 0.187 e. The van der Waals surface area contributed by atoms with Crippen LogP contribution < -0.4 is 0 Å². The first-order chi connectivity index (χ1) is 52.7. The highest BCUT2D eigenvalue weighted by Crippen LogP contribution is 2.41. The lowest BCUT2D eigenvalue weighted by molar-refractivity contribution is -0.400. The van der Waals surface area contributed by atoms with Gasteiger partial charge in [-0.05, 0) is 0 Å². The average Bonchev–Trinajstić information content (AvgIpc) is 0.774. The van der Waals surface area contributed by atoms with Crippen molar-refractivity contribution in [1.82, 2.24) is 0 Å². The van der Waals surface area contributed by atoms with E-state index in [4.69, 9.17) is 90.0 Å². The Bertz CT molecular complexity index is 2760. The second-order valence-corrected chi connectivity index (χ2v) is 28.0. The minimum atomic E-state index is -2.32. The van der Waals surface area contributed by atoms with Gasteiger partial charge in [-0.1, -0.05) is 0 Å². The summed E-state index contributed by atoms with van der Waals surface area (Å²) in [6.45, 7) is -10.5. The molecule has 0 spiro atoms. The third kappa shape index (κ3) is 18.8. The molecule has 0 aromatic heterocycles. The number of rotatable bonds is 28. The topological polar surface area (TPSA) is 823 Å². The molecule has 0 radical (unpaired) electrons. The Morgan fingerprint density at radius 1 is 0.135 bits per heavy atom. The van der Waals surface area contributed by atoms with Crippen LogP contribution in [0.15, 0.2) is 0 Å². The molecule has 0 saturated carbocycles. The summed E-state index contributed by atoms with van der Waals surface area (Å²) >= 11 is 0. The van der Waals surface area contributed by atoms with Gasteiger partial charge >= 0.3 is 0 Å². The molecule has 10 aliphatic heterocycles. The van der Waals surface area contributed by atoms with Gasteiger partial charge in [-0.15, -0.1) is 0 Å². The summed E-state index contributed by atoms with van der Waals surface area (Å²) < 4.78 is 106. The fourth-order valence-corrected chi connectivity index (χ4v) is 14.5. The molecule has 10 heterocycles. The van der Waals surface area contributed by atoms with E-state index in [1.54, 1.807) is 0 Å². The molecule has 51 nitrogen and oxygen atoms in total. The monoisotopic (exact) mass is 1640 g/mol. The summed E-state index contributed by atoms with van der Waals surface area (Å²) in [6, 6.07) is 0. The van der Waals surface area contributed by atoms with E-state index in [2.05, 4.69) is 0 Å². The maximum absolute atomic E-state index is 11.5. The molecule has 111 heavy (non-hydrogen) atoms. The minimum absolute atomic E-state index is 0.869. The maximum Gasteiger partial charge on any atom is 0.187 e. The summed E-state index contributed by atoms with van der Waals surface area (Å²) in [5.74, 6) is 0. The van der Waals surface area contributed by atoms with E-state index in [-0.39, 0.29) is 0 Å². The summed E-state index contributed by atoms with van der Waals surface area (Å²) in [4.78, 5) is 0. The van der Waals surface area contributed by atoms with Crippen LogP contribution in [0, 0.1) is 0 Å². The van der Waals surface area contributed by atoms with Crippen molar-refractivity contribution in [3.05, 3.63) is 0 Å². The molecule has 0 aliphatic carbocycles. The van der Waals surface area contributed by atoms with Gasteiger partial charge in [0.2, 0.25) is 0 Å². The SMILES string of the molecule is OC[C@H]1OC(O[C@H]2[C@H](O)[C@@H](O)C(O[C@H]3[C@H](O)[C@@H](O)C(O[C@H]4[C@H](O)[C@@H](O)C(O[C@H]5[C@H](O)[C@@H](O)C(O[C@H]6[C@H](O)[C@@H](O)C(O[C@H]7[C@H](O)[C@@H](O)C(O[C@H]8[C@H](O)[C@@H](O)C(O[C@H]9[C@H](O)[C@@H](O)C(O[C@H]%10[C@H](O)[C@@H](O)C(O)O[C@@H]%10CO)O[C@@H]9CO)O[C@@H]8CO)O[C@@H]7CO)O[C@@H]6CO)O[C@@H]5CO)O[C@@H]4CO)O[C@@H]3CO)O[C@@H]2CO)[C@H](O)[C@@H](O)[C@@H]1O. The molecule has 0 aromatic rings. The van der Waals surface area contributed by atoms with Crippen LogP contribution in [0.4, 0.5) is 0 Å². The summed E-state index contributed by atoms with van der Waals surface area (Å²) in [5, 5.41) is 345. The standard InChI is InChI=1S/C60H102O51/c61-1-11-21(71)22(72)33(83)52(94-11)104-43-13(3-63)96-54(35(85)24(43)74)106-45-15(5-65)98-56(37(87)26(45)76)108-47-17(7-67)100-58(39(89)28(47)78)110-49-19(9-69)102-60(41(91)30(49)80)111-50-20(10-70)101-59(40(90)31(50)81)109-48-18(8-68)99-57(38(88)29(48)79)107-46-16(6-66)97-55(36(86)27(46)77)105-44-14(4-64)95-53(34(84)25(44)75)103-42-12(2-62)93-51(92)32(82)23(42)73/h11-92H,1-10H2/t11-,12-,13-,14-,15-,16-,17-,18-,19-,20-,21-,22+,23-,24-,25-,26-,27-,28-,29-,30-,31-,32-,33-,34-,35-,36-,37-,38-,39-,40-,41-,42-,43-,44-,45-,46-,47-,48-,49-,50-,51?,52?,53?,54?,55?,56?,57?,58?,59?,60?/m1/s1. The van der Waals surface area contributed by atoms with Gasteiger partial charge in [-0.2, -0.15) is 0 Å². The van der Waals surface area contributed by atoms with Crippen molar-refractivity contribution in [2.24, 2.45) is 0 Å². The predicted octanol–water partition coefficient (Wildman–Crippen LogP) is -22.8. The molecular weight excluding hydrogens is 1540 g/mol. The Morgan fingerprint density at radius 2 is 0.261 bits per heavy atom. The predicted molar refractivity (Wildman–Crippen MR) is 330 cm³/mol. The largest absolute Gasteiger partial charge is 0.394 e. The fraction of sp³-hybridized carbons (Fsp3) is 1.00. The molecule has 10 saturated heterocycles. The summed E-state index contributed by atoms with van der Waals surface area (Å²) in [5.41, 5.74) is 0. The van der Waals surface area contributed by atoms with Gasteiger partial charge in [0.05, 0.1) is 66.1 Å². The van der Waals surface area contributed by atoms with Gasteiger partial charge in [0.1, 0.15) is 244 Å². The molecule has 50 atom stereocenters. The Labute approximate surface area is 625 Å². The molecule has 0 aromatic carbocycles. The van der Waals surface area contributed by atoms with Gasteiger partial charge in [0, 0.05) is 0 Å². The number of hydrogen-bond donors (Lipinski definition) is 32. The van der Waals surface area contributed by atoms with Crippen LogP contribution in [0.5, 0.6) is 0 Å². The van der Waals surface area contributed by atoms with Gasteiger partial charge in [0.15, 0.2) is 62.9 Å². The van der Waals surface area contributed by atoms with Crippen molar-refractivity contribution in [3.63, 3.8) is 0 Å². The zero-order valence-corrected chi connectivity index (χ0v) is 58.0. The summed E-state index contributed by atoms with van der Waals surface area (Å²) in [7, 11) is 0. The quantitative estimate of drug-likeness (QED) is 0.0346. The van der Waals surface area contributed by atoms with Crippen LogP contribution in [-0.4, -0.2) is 537 Å². The molecule has 10 aliphatic rings. The molecule has 10 unspecified atom stereocenters. The zero-order valence-electron chi connectivity index (χ0n) is 58.0. The lowest BCUT2D eigenvalue weighted by Gasteiger charge is -2.50. The normalized spacial score (nSPS) is 53.7. The number of aliphatic hydroxyl groups excluding tert-OH is 32. The first-order valence-corrected chi connectivity index (χ1v) is 35.2. The molecule has 32 N–H and O–H groups in total. The van der Waals surface area contributed by atoms with Crippen LogP contribution in [0.1, 0.15) is 0 Å². The second-order valence-electron chi connectivity index (χ2n) is 28.0. The van der Waals surface area contributed by atoms with Gasteiger partial charge in [-0.3, -0.25) is 0 Å². The molecule has 10 fully saturated rings. The van der Waals surface area contributed by atoms with E-state index < -0.39 is 373 Å². The number of ether oxygens (including phenoxy) is 19. The van der Waals surface area contributed by atoms with Crippen molar-refractivity contribution < 1.29 is 253 Å². The lowest BCUT2D eigenvalue weighted by Crippen LogP contribution is -2.68. The molecule has 0 bridgehead atoms. The van der Waals surface area contributed by atoms with E-state index in [9.17, 15) is 163 Å². The van der Waals surface area contributed by atoms with Gasteiger partial charge < -0.3 is 253 Å². The Morgan fingerprint density at radius 3 is 0.414 bits per heavy atom. The van der Waals surface area contributed by atoms with Crippen molar-refractivity contribution >= 4 is 0 Å². The molecular formula is C60H102O51. The van der Waals surface area contributed by atoms with E-state index >= 15 is 0 Å². The van der Waals surface area contributed by atoms with E-state index in [1.165, 1.54) is 0 Å². The Balaban J connectivity index is 0.705. The zero-order chi connectivity index (χ0) is 81.4. The van der Waals surface area contributed by atoms with Crippen molar-refractivity contribution in [2.75, 3.05) is 66.1 Å². The van der Waals surface area contributed by atoms with Crippen LogP contribution >= 0.6 is 0 Å². The molecule has 648 valence electrons. The third-order valence-electron chi connectivity index (χ3n) is 20.9. The van der Waals surface area contributed by atoms with E-state index in [0.29, 0.717) is 0 Å². The third-order valence-corrected chi connectivity index (χ3v) is 20.9. The fourth-order valence-electron chi connectivity index (χ4n) is 14.5. The van der Waals surface area contributed by atoms with Crippen molar-refractivity contribution in [1.29, 1.82) is 0 Å². The molecule has 0 amide bonds. The number of aliphatic hydroxyl groups is 32. The van der Waals surface area contributed by atoms with Crippen molar-refractivity contribution in [3.8, 4) is 0 Å². The highest BCUT2D eigenvalue weighted by Gasteiger charge is 2.61. The molecule has 10 rings (SSSR count). The first kappa shape index (κ1) is 91.3. The second kappa shape index (κ2) is 39.4.